The van der Waals surface area contributed by atoms with Gasteiger partial charge in [0, 0.05) is 12.3 Å². The van der Waals surface area contributed by atoms with Crippen molar-refractivity contribution in [2.45, 2.75) is 27.4 Å². The first-order valence-electron chi connectivity index (χ1n) is 4.87. The van der Waals surface area contributed by atoms with Crippen LogP contribution < -0.4 is 5.32 Å². The number of hydrogen-bond donors (Lipinski definition) is 1. The summed E-state index contributed by atoms with van der Waals surface area (Å²) in [5, 5.41) is 4.83. The van der Waals surface area contributed by atoms with E-state index in [0.29, 0.717) is 10.8 Å². The highest BCUT2D eigenvalue weighted by atomic mass is 32.1. The minimum Gasteiger partial charge on any atom is -0.459 e. The van der Waals surface area contributed by atoms with Gasteiger partial charge in [-0.3, -0.25) is 9.59 Å². The lowest BCUT2D eigenvalue weighted by Gasteiger charge is -2.04. The molecule has 6 heteroatoms. The second kappa shape index (κ2) is 5.60. The number of esters is 1. The second-order valence-electron chi connectivity index (χ2n) is 3.59. The fourth-order valence-corrected chi connectivity index (χ4v) is 1.63. The number of nitrogens with zero attached hydrogens (tertiary/aromatic N) is 1. The third-order valence-corrected chi connectivity index (χ3v) is 2.47. The third-order valence-electron chi connectivity index (χ3n) is 1.67. The molecule has 1 N–H and O–H groups in total. The zero-order chi connectivity index (χ0) is 12.1. The van der Waals surface area contributed by atoms with Crippen molar-refractivity contribution in [1.82, 2.24) is 4.98 Å². The number of rotatable bonds is 4. The lowest BCUT2D eigenvalue weighted by Crippen LogP contribution is -2.11. The largest absolute Gasteiger partial charge is 0.459 e. The first-order chi connectivity index (χ1) is 7.49. The first-order valence-corrected chi connectivity index (χ1v) is 5.75. The summed E-state index contributed by atoms with van der Waals surface area (Å²) in [5.41, 5.74) is 0.641. The smallest absolute Gasteiger partial charge is 0.308 e. The van der Waals surface area contributed by atoms with Crippen molar-refractivity contribution in [1.29, 1.82) is 0 Å². The zero-order valence-electron chi connectivity index (χ0n) is 9.44. The Balaban J connectivity index is 2.46. The standard InChI is InChI=1S/C10H14N2O3S/c1-6(2)9(14)15-4-8-5-16-10(12-8)11-7(3)13/h5-6H,4H2,1-3H3,(H,11,12,13). The van der Waals surface area contributed by atoms with Gasteiger partial charge < -0.3 is 10.1 Å². The summed E-state index contributed by atoms with van der Waals surface area (Å²) >= 11 is 1.30. The molecule has 0 fully saturated rings. The maximum atomic E-state index is 11.2. The van der Waals surface area contributed by atoms with E-state index in [4.69, 9.17) is 4.74 Å². The molecular formula is C10H14N2O3S. The summed E-state index contributed by atoms with van der Waals surface area (Å²) in [6, 6.07) is 0. The lowest BCUT2D eigenvalue weighted by atomic mass is 10.2. The van der Waals surface area contributed by atoms with Crippen LogP contribution in [0, 0.1) is 5.92 Å². The zero-order valence-corrected chi connectivity index (χ0v) is 10.3. The summed E-state index contributed by atoms with van der Waals surface area (Å²) in [6.45, 7) is 5.10. The van der Waals surface area contributed by atoms with E-state index in [0.717, 1.165) is 0 Å². The fraction of sp³-hybridized carbons (Fsp3) is 0.500. The molecule has 16 heavy (non-hydrogen) atoms. The SMILES string of the molecule is CC(=O)Nc1nc(COC(=O)C(C)C)cs1. The molecular weight excluding hydrogens is 228 g/mol. The number of carbonyl (C=O) groups excluding carboxylic acids is 2. The Morgan fingerprint density at radius 3 is 2.81 bits per heavy atom. The third kappa shape index (κ3) is 3.98. The van der Waals surface area contributed by atoms with Gasteiger partial charge in [0.25, 0.3) is 0 Å². The van der Waals surface area contributed by atoms with Crippen LogP contribution in [-0.2, 0) is 20.9 Å². The van der Waals surface area contributed by atoms with Crippen LogP contribution in [0.4, 0.5) is 5.13 Å². The summed E-state index contributed by atoms with van der Waals surface area (Å²) < 4.78 is 5.00. The summed E-state index contributed by atoms with van der Waals surface area (Å²) in [6.07, 6.45) is 0. The maximum Gasteiger partial charge on any atom is 0.308 e. The molecule has 1 aromatic heterocycles. The molecule has 5 nitrogen and oxygen atoms in total. The topological polar surface area (TPSA) is 68.3 Å². The van der Waals surface area contributed by atoms with E-state index in [9.17, 15) is 9.59 Å². The highest BCUT2D eigenvalue weighted by Crippen LogP contribution is 2.16. The van der Waals surface area contributed by atoms with Crippen LogP contribution in [0.1, 0.15) is 26.5 Å². The summed E-state index contributed by atoms with van der Waals surface area (Å²) in [5.74, 6) is -0.567. The normalized spacial score (nSPS) is 10.2. The molecule has 1 amide bonds. The molecule has 0 unspecified atom stereocenters. The van der Waals surface area contributed by atoms with Gasteiger partial charge >= 0.3 is 5.97 Å². The summed E-state index contributed by atoms with van der Waals surface area (Å²) in [7, 11) is 0. The van der Waals surface area contributed by atoms with Crippen molar-refractivity contribution in [2.75, 3.05) is 5.32 Å². The van der Waals surface area contributed by atoms with Gasteiger partial charge in [0.15, 0.2) is 5.13 Å². The molecule has 0 aliphatic rings. The Morgan fingerprint density at radius 2 is 2.25 bits per heavy atom. The van der Waals surface area contributed by atoms with Crippen LogP contribution in [0.25, 0.3) is 0 Å². The van der Waals surface area contributed by atoms with E-state index < -0.39 is 0 Å². The van der Waals surface area contributed by atoms with Crippen molar-refractivity contribution in [3.8, 4) is 0 Å². The molecule has 0 radical (unpaired) electrons. The van der Waals surface area contributed by atoms with Crippen molar-refractivity contribution in [2.24, 2.45) is 5.92 Å². The number of amides is 1. The predicted octanol–water partition coefficient (Wildman–Crippen LogP) is 1.80. The van der Waals surface area contributed by atoms with Gasteiger partial charge in [-0.25, -0.2) is 4.98 Å². The molecule has 0 saturated heterocycles. The number of carbonyl (C=O) groups is 2. The van der Waals surface area contributed by atoms with Gasteiger partial charge in [-0.2, -0.15) is 0 Å². The van der Waals surface area contributed by atoms with Gasteiger partial charge in [-0.1, -0.05) is 13.8 Å². The molecule has 1 aromatic rings. The minimum atomic E-state index is -0.255. The highest BCUT2D eigenvalue weighted by molar-refractivity contribution is 7.13. The highest BCUT2D eigenvalue weighted by Gasteiger charge is 2.10. The number of ether oxygens (including phenoxy) is 1. The van der Waals surface area contributed by atoms with E-state index in [1.807, 2.05) is 0 Å². The molecule has 0 spiro atoms. The molecule has 0 aliphatic heterocycles. The van der Waals surface area contributed by atoms with Gasteiger partial charge in [-0.05, 0) is 0 Å². The van der Waals surface area contributed by atoms with Crippen molar-refractivity contribution >= 4 is 28.3 Å². The molecule has 0 atom stereocenters. The Hall–Kier alpha value is -1.43. The van der Waals surface area contributed by atoms with Crippen LogP contribution in [-0.4, -0.2) is 16.9 Å². The number of aromatic nitrogens is 1. The Kier molecular flexibility index (Phi) is 4.42. The maximum absolute atomic E-state index is 11.2. The van der Waals surface area contributed by atoms with Gasteiger partial charge in [0.2, 0.25) is 5.91 Å². The van der Waals surface area contributed by atoms with Gasteiger partial charge in [-0.15, -0.1) is 11.3 Å². The van der Waals surface area contributed by atoms with Gasteiger partial charge in [0.1, 0.15) is 6.61 Å². The van der Waals surface area contributed by atoms with Crippen LogP contribution in [0.5, 0.6) is 0 Å². The van der Waals surface area contributed by atoms with Crippen LogP contribution >= 0.6 is 11.3 Å². The molecule has 1 heterocycles. The first kappa shape index (κ1) is 12.6. The minimum absolute atomic E-state index is 0.145. The number of thiazole rings is 1. The van der Waals surface area contributed by atoms with Gasteiger partial charge in [0.05, 0.1) is 11.6 Å². The Bertz CT molecular complexity index is 387. The quantitative estimate of drug-likeness (QED) is 0.817. The van der Waals surface area contributed by atoms with E-state index in [1.54, 1.807) is 19.2 Å². The van der Waals surface area contributed by atoms with E-state index in [2.05, 4.69) is 10.3 Å². The molecule has 1 rings (SSSR count). The second-order valence-corrected chi connectivity index (χ2v) is 4.45. The lowest BCUT2D eigenvalue weighted by molar-refractivity contribution is -0.148. The van der Waals surface area contributed by atoms with E-state index in [-0.39, 0.29) is 24.4 Å². The van der Waals surface area contributed by atoms with Crippen molar-refractivity contribution in [3.63, 3.8) is 0 Å². The van der Waals surface area contributed by atoms with E-state index >= 15 is 0 Å². The predicted molar refractivity (Wildman–Crippen MR) is 61.1 cm³/mol. The van der Waals surface area contributed by atoms with Crippen LogP contribution in [0.2, 0.25) is 0 Å². The molecule has 0 aromatic carbocycles. The van der Waals surface area contributed by atoms with Crippen molar-refractivity contribution in [3.05, 3.63) is 11.1 Å². The fourth-order valence-electron chi connectivity index (χ4n) is 0.893. The van der Waals surface area contributed by atoms with E-state index in [1.165, 1.54) is 18.3 Å². The Morgan fingerprint density at radius 1 is 1.56 bits per heavy atom. The molecule has 0 saturated carbocycles. The average molecular weight is 242 g/mol. The number of anilines is 1. The van der Waals surface area contributed by atoms with Crippen LogP contribution in [0.15, 0.2) is 5.38 Å². The summed E-state index contributed by atoms with van der Waals surface area (Å²) in [4.78, 5) is 26.0. The number of nitrogens with one attached hydrogen (secondary N) is 1. The number of hydrogen-bond acceptors (Lipinski definition) is 5. The molecule has 0 bridgehead atoms. The molecule has 88 valence electrons. The van der Waals surface area contributed by atoms with Crippen LogP contribution in [0.3, 0.4) is 0 Å². The Labute approximate surface area is 97.8 Å². The van der Waals surface area contributed by atoms with Crippen molar-refractivity contribution < 1.29 is 14.3 Å². The molecule has 0 aliphatic carbocycles. The monoisotopic (exact) mass is 242 g/mol. The average Bonchev–Trinajstić information content (AvgIpc) is 2.60.